The van der Waals surface area contributed by atoms with Gasteiger partial charge < -0.3 is 14.6 Å². The number of para-hydroxylation sites is 1. The molecule has 1 aromatic carbocycles. The van der Waals surface area contributed by atoms with Crippen molar-refractivity contribution in [1.29, 1.82) is 0 Å². The number of hydrogen-bond donors (Lipinski definition) is 1. The Kier molecular flexibility index (Phi) is 3.60. The Labute approximate surface area is 124 Å². The highest BCUT2D eigenvalue weighted by molar-refractivity contribution is 6.00. The van der Waals surface area contributed by atoms with Crippen molar-refractivity contribution in [3.05, 3.63) is 35.5 Å². The first-order valence-electron chi connectivity index (χ1n) is 6.93. The summed E-state index contributed by atoms with van der Waals surface area (Å²) >= 11 is 0. The normalized spacial score (nSPS) is 19.6. The highest BCUT2D eigenvalue weighted by Gasteiger charge is 2.44. The summed E-state index contributed by atoms with van der Waals surface area (Å²) in [7, 11) is 0. The second-order valence-electron chi connectivity index (χ2n) is 5.32. The number of carbonyl (C=O) groups excluding carboxylic acids is 1. The fourth-order valence-electron chi connectivity index (χ4n) is 2.69. The van der Waals surface area contributed by atoms with E-state index in [0.29, 0.717) is 5.69 Å². The lowest BCUT2D eigenvalue weighted by atomic mass is 10.1. The summed E-state index contributed by atoms with van der Waals surface area (Å²) in [5.41, 5.74) is 1.88. The van der Waals surface area contributed by atoms with E-state index in [4.69, 9.17) is 4.74 Å². The molecule has 2 heterocycles. The van der Waals surface area contributed by atoms with Gasteiger partial charge in [0.15, 0.2) is 6.10 Å². The maximum absolute atomic E-state index is 12.8. The van der Waals surface area contributed by atoms with Crippen molar-refractivity contribution in [2.24, 2.45) is 0 Å². The number of aryl methyl sites for hydroxylation is 1. The van der Waals surface area contributed by atoms with Crippen LogP contribution in [0.3, 0.4) is 0 Å². The first-order chi connectivity index (χ1) is 10.4. The van der Waals surface area contributed by atoms with E-state index in [-0.39, 0.29) is 13.2 Å². The summed E-state index contributed by atoms with van der Waals surface area (Å²) in [6, 6.07) is 7.39. The van der Waals surface area contributed by atoms with Gasteiger partial charge in [0.2, 0.25) is 0 Å². The van der Waals surface area contributed by atoms with Crippen molar-refractivity contribution in [2.45, 2.75) is 19.2 Å². The summed E-state index contributed by atoms with van der Waals surface area (Å²) in [5.74, 6) is -0.425. The number of hydrogen-bond acceptors (Lipinski definition) is 2. The second-order valence-corrected chi connectivity index (χ2v) is 5.32. The van der Waals surface area contributed by atoms with Crippen LogP contribution in [0.5, 0.6) is 0 Å². The minimum Gasteiger partial charge on any atom is -0.365 e. The number of fused-ring (bicyclic) bond motifs is 1. The van der Waals surface area contributed by atoms with Gasteiger partial charge in [-0.05, 0) is 18.6 Å². The van der Waals surface area contributed by atoms with Crippen LogP contribution in [0.1, 0.15) is 16.1 Å². The molecule has 4 nitrogen and oxygen atoms in total. The number of nitrogens with one attached hydrogen (secondary N) is 1. The van der Waals surface area contributed by atoms with Crippen LogP contribution in [0.4, 0.5) is 13.2 Å². The van der Waals surface area contributed by atoms with E-state index in [1.54, 1.807) is 6.92 Å². The Hall–Kier alpha value is -2.02. The fourth-order valence-corrected chi connectivity index (χ4v) is 2.69. The molecule has 2 aromatic rings. The van der Waals surface area contributed by atoms with Crippen molar-refractivity contribution < 1.29 is 22.7 Å². The van der Waals surface area contributed by atoms with E-state index in [1.807, 2.05) is 24.3 Å². The highest BCUT2D eigenvalue weighted by Crippen LogP contribution is 2.27. The van der Waals surface area contributed by atoms with Gasteiger partial charge >= 0.3 is 6.18 Å². The number of halogens is 3. The van der Waals surface area contributed by atoms with Crippen LogP contribution >= 0.6 is 0 Å². The van der Waals surface area contributed by atoms with Crippen LogP contribution < -0.4 is 0 Å². The van der Waals surface area contributed by atoms with Crippen molar-refractivity contribution >= 4 is 16.8 Å². The average molecular weight is 312 g/mol. The second kappa shape index (κ2) is 5.31. The van der Waals surface area contributed by atoms with E-state index >= 15 is 0 Å². The number of rotatable bonds is 1. The van der Waals surface area contributed by atoms with E-state index in [9.17, 15) is 18.0 Å². The molecule has 0 bridgehead atoms. The standard InChI is InChI=1S/C15H15F3N2O2/c1-9-10-4-2-3-5-11(10)19-13(9)14(21)20-6-7-22-12(8-20)15(16,17)18/h2-5,12,19H,6-8H2,1H3. The van der Waals surface area contributed by atoms with Crippen LogP contribution in [0.15, 0.2) is 24.3 Å². The maximum atomic E-state index is 12.8. The van der Waals surface area contributed by atoms with E-state index < -0.39 is 24.7 Å². The zero-order valence-electron chi connectivity index (χ0n) is 11.9. The van der Waals surface area contributed by atoms with Crippen molar-refractivity contribution in [3.63, 3.8) is 0 Å². The summed E-state index contributed by atoms with van der Waals surface area (Å²) < 4.78 is 43.0. The lowest BCUT2D eigenvalue weighted by Crippen LogP contribution is -2.51. The first-order valence-corrected chi connectivity index (χ1v) is 6.93. The van der Waals surface area contributed by atoms with Crippen molar-refractivity contribution in [2.75, 3.05) is 19.7 Å². The molecule has 22 heavy (non-hydrogen) atoms. The zero-order valence-corrected chi connectivity index (χ0v) is 11.9. The summed E-state index contributed by atoms with van der Waals surface area (Å²) in [6.45, 7) is 1.35. The molecule has 3 rings (SSSR count). The van der Waals surface area contributed by atoms with Gasteiger partial charge in [-0.25, -0.2) is 0 Å². The SMILES string of the molecule is Cc1c(C(=O)N2CCOC(C(F)(F)F)C2)[nH]c2ccccc12. The van der Waals surface area contributed by atoms with Crippen LogP contribution in [-0.4, -0.2) is 47.8 Å². The molecular formula is C15H15F3N2O2. The predicted molar refractivity (Wildman–Crippen MR) is 74.7 cm³/mol. The minimum absolute atomic E-state index is 0.116. The van der Waals surface area contributed by atoms with Gasteiger partial charge in [0.05, 0.1) is 13.2 Å². The monoisotopic (exact) mass is 312 g/mol. The quantitative estimate of drug-likeness (QED) is 0.880. The van der Waals surface area contributed by atoms with E-state index in [0.717, 1.165) is 16.5 Å². The van der Waals surface area contributed by atoms with Crippen LogP contribution in [0, 0.1) is 6.92 Å². The molecule has 1 aliphatic rings. The largest absolute Gasteiger partial charge is 0.416 e. The van der Waals surface area contributed by atoms with E-state index in [1.165, 1.54) is 4.90 Å². The molecule has 1 saturated heterocycles. The first kappa shape index (κ1) is 14.9. The molecular weight excluding hydrogens is 297 g/mol. The molecule has 0 spiro atoms. The summed E-state index contributed by atoms with van der Waals surface area (Å²) in [5, 5.41) is 0.895. The Morgan fingerprint density at radius 1 is 1.36 bits per heavy atom. The van der Waals surface area contributed by atoms with Crippen molar-refractivity contribution in [1.82, 2.24) is 9.88 Å². The minimum atomic E-state index is -4.46. The van der Waals surface area contributed by atoms with Crippen LogP contribution in [-0.2, 0) is 4.74 Å². The van der Waals surface area contributed by atoms with Gasteiger partial charge in [0.1, 0.15) is 5.69 Å². The molecule has 1 aromatic heterocycles. The number of aromatic amines is 1. The van der Waals surface area contributed by atoms with Gasteiger partial charge in [-0.1, -0.05) is 18.2 Å². The summed E-state index contributed by atoms with van der Waals surface area (Å²) in [4.78, 5) is 16.7. The number of benzene rings is 1. The number of H-pyrrole nitrogens is 1. The molecule has 1 amide bonds. The Balaban J connectivity index is 1.88. The molecule has 1 atom stereocenters. The van der Waals surface area contributed by atoms with Gasteiger partial charge in [-0.2, -0.15) is 13.2 Å². The number of ether oxygens (including phenoxy) is 1. The third-order valence-electron chi connectivity index (χ3n) is 3.90. The number of carbonyl (C=O) groups is 1. The van der Waals surface area contributed by atoms with Gasteiger partial charge in [0, 0.05) is 17.4 Å². The molecule has 1 aliphatic heterocycles. The molecule has 118 valence electrons. The molecule has 1 N–H and O–H groups in total. The van der Waals surface area contributed by atoms with E-state index in [2.05, 4.69) is 4.98 Å². The van der Waals surface area contributed by atoms with Gasteiger partial charge in [-0.15, -0.1) is 0 Å². The average Bonchev–Trinajstić information content (AvgIpc) is 2.83. The predicted octanol–water partition coefficient (Wildman–Crippen LogP) is 2.88. The van der Waals surface area contributed by atoms with Crippen LogP contribution in [0.2, 0.25) is 0 Å². The summed E-state index contributed by atoms with van der Waals surface area (Å²) in [6.07, 6.45) is -6.39. The topological polar surface area (TPSA) is 45.3 Å². The number of aromatic nitrogens is 1. The lowest BCUT2D eigenvalue weighted by Gasteiger charge is -2.33. The number of nitrogens with zero attached hydrogens (tertiary/aromatic N) is 1. The smallest absolute Gasteiger partial charge is 0.365 e. The highest BCUT2D eigenvalue weighted by atomic mass is 19.4. The molecule has 0 radical (unpaired) electrons. The van der Waals surface area contributed by atoms with Crippen molar-refractivity contribution in [3.8, 4) is 0 Å². The molecule has 7 heteroatoms. The Morgan fingerprint density at radius 3 is 2.77 bits per heavy atom. The number of morpholine rings is 1. The fraction of sp³-hybridized carbons (Fsp3) is 0.400. The maximum Gasteiger partial charge on any atom is 0.416 e. The third kappa shape index (κ3) is 2.56. The molecule has 0 aliphatic carbocycles. The van der Waals surface area contributed by atoms with Gasteiger partial charge in [-0.3, -0.25) is 4.79 Å². The number of amides is 1. The molecule has 1 fully saturated rings. The zero-order chi connectivity index (χ0) is 15.9. The molecule has 1 unspecified atom stereocenters. The van der Waals surface area contributed by atoms with Crippen LogP contribution in [0.25, 0.3) is 10.9 Å². The molecule has 0 saturated carbocycles. The van der Waals surface area contributed by atoms with Gasteiger partial charge in [0.25, 0.3) is 5.91 Å². The Bertz CT molecular complexity index is 708. The number of alkyl halides is 3. The Morgan fingerprint density at radius 2 is 2.09 bits per heavy atom. The third-order valence-corrected chi connectivity index (χ3v) is 3.90. The lowest BCUT2D eigenvalue weighted by molar-refractivity contribution is -0.233.